The average molecular weight is 573 g/mol. The lowest BCUT2D eigenvalue weighted by Crippen LogP contribution is -2.87. The monoisotopic (exact) mass is 572 g/mol. The predicted octanol–water partition coefficient (Wildman–Crippen LogP) is 1.95. The van der Waals surface area contributed by atoms with Crippen LogP contribution in [-0.4, -0.2) is 55.1 Å². The Balaban J connectivity index is 1.55. The number of aliphatic hydroxyl groups excluding tert-OH is 1. The first-order valence-corrected chi connectivity index (χ1v) is 14.7. The van der Waals surface area contributed by atoms with Crippen LogP contribution >= 0.6 is 0 Å². The molecule has 1 unspecified atom stereocenters. The van der Waals surface area contributed by atoms with E-state index in [2.05, 4.69) is 10.0 Å². The molecule has 0 saturated heterocycles. The number of hydrogen-bond acceptors (Lipinski definition) is 8. The number of hydrogen-bond donors (Lipinski definition) is 6. The standard InChI is InChI=1S/C29H37N3O7S/c1-29(2,31-18-26(35)22-9-11-24(33)23(15-22)32-40(4,37)38)16-20-7-5-6-19(12-20)14-28(36)30-17-21-8-10-25(34)27(13-21)39-3/h5-13,15,26,31-35H,14,16-18H2,1-4H3,(H,30,36)/p+1. The van der Waals surface area contributed by atoms with Crippen LogP contribution in [0, 0.1) is 0 Å². The Kier molecular flexibility index (Phi) is 10.2. The number of phenolic OH excluding ortho intramolecular Hbond substituents is 2. The molecule has 0 aliphatic carbocycles. The highest BCUT2D eigenvalue weighted by Gasteiger charge is 2.21. The Labute approximate surface area is 235 Å². The topological polar surface area (TPSA) is 162 Å². The summed E-state index contributed by atoms with van der Waals surface area (Å²) >= 11 is 0. The number of benzene rings is 3. The molecule has 1 amide bonds. The molecular weight excluding hydrogens is 534 g/mol. The molecule has 0 fully saturated rings. The normalized spacial score (nSPS) is 12.6. The number of sulfonamides is 1. The Morgan fingerprint density at radius 3 is 2.40 bits per heavy atom. The summed E-state index contributed by atoms with van der Waals surface area (Å²) in [4.78, 5) is 12.6. The minimum atomic E-state index is -3.59. The van der Waals surface area contributed by atoms with Gasteiger partial charge in [0.2, 0.25) is 10.0 Å². The van der Waals surface area contributed by atoms with Crippen LogP contribution in [0.4, 0.5) is 5.69 Å². The van der Waals surface area contributed by atoms with Gasteiger partial charge in [0.1, 0.15) is 12.3 Å². The minimum Gasteiger partial charge on any atom is -0.506 e. The van der Waals surface area contributed by atoms with Crippen LogP contribution in [0.15, 0.2) is 60.7 Å². The predicted molar refractivity (Wildman–Crippen MR) is 153 cm³/mol. The molecule has 0 aliphatic heterocycles. The fraction of sp³-hybridized carbons (Fsp3) is 0.345. The SMILES string of the molecule is COc1cc(C[NH2+]C(=O)Cc2cccc(CC(C)(C)NCC(O)c3ccc(O)c(NS(C)(=O)=O)c3)c2)ccc1O. The number of anilines is 1. The number of phenols is 2. The van der Waals surface area contributed by atoms with E-state index in [9.17, 15) is 28.5 Å². The van der Waals surface area contributed by atoms with Gasteiger partial charge in [-0.15, -0.1) is 0 Å². The summed E-state index contributed by atoms with van der Waals surface area (Å²) in [6.07, 6.45) is 0.946. The van der Waals surface area contributed by atoms with E-state index in [0.29, 0.717) is 24.3 Å². The summed E-state index contributed by atoms with van der Waals surface area (Å²) in [5.41, 5.74) is 2.84. The first-order chi connectivity index (χ1) is 18.7. The maximum Gasteiger partial charge on any atom is 0.315 e. The third-order valence-electron chi connectivity index (χ3n) is 6.30. The maximum atomic E-state index is 12.6. The van der Waals surface area contributed by atoms with Crippen LogP contribution < -0.4 is 20.1 Å². The van der Waals surface area contributed by atoms with E-state index in [0.717, 1.165) is 22.9 Å². The third-order valence-corrected chi connectivity index (χ3v) is 6.89. The molecule has 0 aromatic heterocycles. The minimum absolute atomic E-state index is 0.00436. The molecule has 216 valence electrons. The van der Waals surface area contributed by atoms with E-state index in [1.165, 1.54) is 25.3 Å². The number of aromatic hydroxyl groups is 2. The highest BCUT2D eigenvalue weighted by atomic mass is 32.2. The number of carbonyl (C=O) groups is 1. The zero-order valence-corrected chi connectivity index (χ0v) is 24.0. The zero-order valence-electron chi connectivity index (χ0n) is 23.1. The summed E-state index contributed by atoms with van der Waals surface area (Å²) < 4.78 is 30.4. The van der Waals surface area contributed by atoms with Gasteiger partial charge < -0.3 is 25.4 Å². The average Bonchev–Trinajstić information content (AvgIpc) is 2.87. The molecule has 1 atom stereocenters. The quantitative estimate of drug-likeness (QED) is 0.169. The van der Waals surface area contributed by atoms with Crippen molar-refractivity contribution >= 4 is 21.6 Å². The van der Waals surface area contributed by atoms with E-state index in [-0.39, 0.29) is 36.1 Å². The van der Waals surface area contributed by atoms with Crippen LogP contribution in [0.5, 0.6) is 17.2 Å². The number of β-amino-alcohol motifs (C(OH)–C–C–N with tert-alkyl or cyclic N) is 1. The molecule has 0 heterocycles. The van der Waals surface area contributed by atoms with E-state index < -0.39 is 21.7 Å². The summed E-state index contributed by atoms with van der Waals surface area (Å²) in [6, 6.07) is 17.1. The Bertz CT molecular complexity index is 1440. The van der Waals surface area contributed by atoms with Gasteiger partial charge in [-0.2, -0.15) is 0 Å². The Morgan fingerprint density at radius 1 is 1.00 bits per heavy atom. The zero-order chi connectivity index (χ0) is 29.5. The van der Waals surface area contributed by atoms with Crippen LogP contribution in [-0.2, 0) is 34.2 Å². The van der Waals surface area contributed by atoms with Crippen molar-refractivity contribution in [1.29, 1.82) is 0 Å². The van der Waals surface area contributed by atoms with Gasteiger partial charge in [0.15, 0.2) is 11.5 Å². The molecular formula is C29H38N3O7S+. The van der Waals surface area contributed by atoms with Gasteiger partial charge in [0, 0.05) is 17.6 Å². The second-order valence-corrected chi connectivity index (χ2v) is 12.2. The molecule has 3 aromatic carbocycles. The van der Waals surface area contributed by atoms with Crippen LogP contribution in [0.1, 0.15) is 42.2 Å². The molecule has 3 rings (SSSR count). The second-order valence-electron chi connectivity index (χ2n) is 10.5. The van der Waals surface area contributed by atoms with Crippen molar-refractivity contribution in [1.82, 2.24) is 5.32 Å². The highest BCUT2D eigenvalue weighted by molar-refractivity contribution is 7.92. The second kappa shape index (κ2) is 13.1. The van der Waals surface area contributed by atoms with Gasteiger partial charge >= 0.3 is 5.91 Å². The molecule has 40 heavy (non-hydrogen) atoms. The van der Waals surface area contributed by atoms with Gasteiger partial charge in [-0.1, -0.05) is 30.3 Å². The van der Waals surface area contributed by atoms with Crippen LogP contribution in [0.2, 0.25) is 0 Å². The molecule has 0 bridgehead atoms. The molecule has 3 aromatic rings. The summed E-state index contributed by atoms with van der Waals surface area (Å²) in [5.74, 6) is 0.179. The number of quaternary nitrogens is 1. The van der Waals surface area contributed by atoms with Crippen molar-refractivity contribution in [2.45, 2.75) is 44.9 Å². The van der Waals surface area contributed by atoms with Crippen molar-refractivity contribution in [3.8, 4) is 17.2 Å². The fourth-order valence-electron chi connectivity index (χ4n) is 4.31. The van der Waals surface area contributed by atoms with Crippen molar-refractivity contribution < 1.29 is 38.6 Å². The highest BCUT2D eigenvalue weighted by Crippen LogP contribution is 2.28. The molecule has 0 spiro atoms. The first kappa shape index (κ1) is 30.9. The smallest absolute Gasteiger partial charge is 0.315 e. The van der Waals surface area contributed by atoms with Gasteiger partial charge in [-0.05, 0) is 67.3 Å². The molecule has 10 nitrogen and oxygen atoms in total. The summed E-state index contributed by atoms with van der Waals surface area (Å²) in [5, 5.41) is 35.3. The number of amides is 1. The molecule has 0 radical (unpaired) electrons. The van der Waals surface area contributed by atoms with Crippen molar-refractivity contribution in [3.63, 3.8) is 0 Å². The molecule has 7 N–H and O–H groups in total. The number of carbonyl (C=O) groups excluding carboxylic acids is 1. The van der Waals surface area contributed by atoms with E-state index in [1.54, 1.807) is 23.5 Å². The number of nitrogens with one attached hydrogen (secondary N) is 2. The largest absolute Gasteiger partial charge is 0.506 e. The lowest BCUT2D eigenvalue weighted by molar-refractivity contribution is -0.584. The molecule has 0 aliphatic rings. The van der Waals surface area contributed by atoms with E-state index in [4.69, 9.17) is 4.74 Å². The van der Waals surface area contributed by atoms with Crippen LogP contribution in [0.25, 0.3) is 0 Å². The van der Waals surface area contributed by atoms with Crippen molar-refractivity contribution in [2.75, 3.05) is 24.6 Å². The maximum absolute atomic E-state index is 12.6. The van der Waals surface area contributed by atoms with E-state index in [1.807, 2.05) is 38.1 Å². The number of primary amides is 1. The van der Waals surface area contributed by atoms with Crippen molar-refractivity contribution in [3.05, 3.63) is 82.9 Å². The number of rotatable bonds is 13. The van der Waals surface area contributed by atoms with Crippen LogP contribution in [0.3, 0.4) is 0 Å². The van der Waals surface area contributed by atoms with Gasteiger partial charge in [-0.25, -0.2) is 13.2 Å². The van der Waals surface area contributed by atoms with Gasteiger partial charge in [-0.3, -0.25) is 10.0 Å². The Morgan fingerprint density at radius 2 is 1.70 bits per heavy atom. The number of aliphatic hydroxyl groups is 1. The molecule has 11 heteroatoms. The number of methoxy groups -OCH3 is 1. The van der Waals surface area contributed by atoms with Gasteiger partial charge in [0.05, 0.1) is 31.6 Å². The number of ether oxygens (including phenoxy) is 1. The number of nitrogens with two attached hydrogens (primary N) is 1. The fourth-order valence-corrected chi connectivity index (χ4v) is 4.87. The van der Waals surface area contributed by atoms with Gasteiger partial charge in [0.25, 0.3) is 0 Å². The van der Waals surface area contributed by atoms with Crippen molar-refractivity contribution in [2.24, 2.45) is 0 Å². The first-order valence-electron chi connectivity index (χ1n) is 12.8. The summed E-state index contributed by atoms with van der Waals surface area (Å²) in [6.45, 7) is 4.64. The Hall–Kier alpha value is -3.64. The molecule has 0 saturated carbocycles. The summed E-state index contributed by atoms with van der Waals surface area (Å²) in [7, 11) is -2.11. The lowest BCUT2D eigenvalue weighted by atomic mass is 9.93. The lowest BCUT2D eigenvalue weighted by Gasteiger charge is -2.28. The van der Waals surface area contributed by atoms with E-state index >= 15 is 0 Å². The third kappa shape index (κ3) is 9.53.